The van der Waals surface area contributed by atoms with Gasteiger partial charge >= 0.3 is 0 Å². The quantitative estimate of drug-likeness (QED) is 0.842. The second-order valence-corrected chi connectivity index (χ2v) is 5.34. The minimum Gasteiger partial charge on any atom is -0.506 e. The molecule has 1 aliphatic rings. The smallest absolute Gasteiger partial charge is 0.161 e. The Morgan fingerprint density at radius 3 is 2.62 bits per heavy atom. The number of hydrogen-bond donors (Lipinski definition) is 2. The van der Waals surface area contributed by atoms with Crippen LogP contribution in [0.25, 0.3) is 0 Å². The van der Waals surface area contributed by atoms with Gasteiger partial charge in [-0.15, -0.1) is 0 Å². The van der Waals surface area contributed by atoms with Crippen LogP contribution in [0, 0.1) is 0 Å². The van der Waals surface area contributed by atoms with Gasteiger partial charge in [-0.25, -0.2) is 0 Å². The maximum Gasteiger partial charge on any atom is 0.161 e. The molecule has 0 saturated carbocycles. The number of hydrogen-bond acceptors (Lipinski definition) is 4. The summed E-state index contributed by atoms with van der Waals surface area (Å²) in [5.41, 5.74) is 1.93. The van der Waals surface area contributed by atoms with Crippen LogP contribution >= 0.6 is 11.6 Å². The second kappa shape index (κ2) is 5.74. The average molecular weight is 306 g/mol. The molecule has 0 aromatic heterocycles. The molecule has 1 unspecified atom stereocenters. The Hall–Kier alpha value is -2.07. The summed E-state index contributed by atoms with van der Waals surface area (Å²) >= 11 is 5.91. The average Bonchev–Trinajstić information content (AvgIpc) is 2.50. The minimum atomic E-state index is 0.0708. The summed E-state index contributed by atoms with van der Waals surface area (Å²) in [5, 5.41) is 13.1. The van der Waals surface area contributed by atoms with Crippen LogP contribution in [0.1, 0.15) is 18.5 Å². The van der Waals surface area contributed by atoms with Crippen molar-refractivity contribution in [1.82, 2.24) is 0 Å². The van der Waals surface area contributed by atoms with Crippen molar-refractivity contribution in [3.8, 4) is 17.2 Å². The highest BCUT2D eigenvalue weighted by molar-refractivity contribution is 6.32. The van der Waals surface area contributed by atoms with E-state index in [4.69, 9.17) is 21.1 Å². The van der Waals surface area contributed by atoms with Crippen LogP contribution in [0.5, 0.6) is 17.2 Å². The Morgan fingerprint density at radius 1 is 1.10 bits per heavy atom. The molecule has 5 heteroatoms. The molecule has 1 aliphatic heterocycles. The zero-order valence-electron chi connectivity index (χ0n) is 11.6. The van der Waals surface area contributed by atoms with Crippen LogP contribution in [-0.4, -0.2) is 18.3 Å². The van der Waals surface area contributed by atoms with Crippen molar-refractivity contribution >= 4 is 17.3 Å². The molecular weight excluding hydrogens is 290 g/mol. The Kier molecular flexibility index (Phi) is 3.80. The van der Waals surface area contributed by atoms with Crippen molar-refractivity contribution in [3.05, 3.63) is 47.0 Å². The van der Waals surface area contributed by atoms with Crippen LogP contribution in [0.15, 0.2) is 36.4 Å². The predicted octanol–water partition coefficient (Wildman–Crippen LogP) is 3.99. The highest BCUT2D eigenvalue weighted by atomic mass is 35.5. The Balaban J connectivity index is 1.78. The molecule has 2 aromatic rings. The normalized spacial score (nSPS) is 14.6. The number of phenols is 1. The van der Waals surface area contributed by atoms with E-state index in [0.717, 1.165) is 22.7 Å². The van der Waals surface area contributed by atoms with Crippen LogP contribution in [0.4, 0.5) is 5.69 Å². The summed E-state index contributed by atoms with van der Waals surface area (Å²) in [5.74, 6) is 1.63. The SMILES string of the molecule is CC(Nc1ccc(O)c(Cl)c1)c1ccc2c(c1)OCCO2. The topological polar surface area (TPSA) is 50.7 Å². The van der Waals surface area contributed by atoms with E-state index in [2.05, 4.69) is 5.32 Å². The number of ether oxygens (including phenoxy) is 2. The maximum atomic E-state index is 9.44. The first kappa shape index (κ1) is 13.9. The summed E-state index contributed by atoms with van der Waals surface area (Å²) in [6.07, 6.45) is 0. The van der Waals surface area contributed by atoms with Crippen LogP contribution in [-0.2, 0) is 0 Å². The number of halogens is 1. The lowest BCUT2D eigenvalue weighted by atomic mass is 10.1. The highest BCUT2D eigenvalue weighted by Crippen LogP contribution is 2.34. The molecule has 1 heterocycles. The molecule has 0 radical (unpaired) electrons. The fourth-order valence-electron chi connectivity index (χ4n) is 2.26. The first-order valence-corrected chi connectivity index (χ1v) is 7.16. The summed E-state index contributed by atoms with van der Waals surface area (Å²) in [6, 6.07) is 11.0. The van der Waals surface area contributed by atoms with Gasteiger partial charge < -0.3 is 19.9 Å². The zero-order chi connectivity index (χ0) is 14.8. The molecule has 2 N–H and O–H groups in total. The lowest BCUT2D eigenvalue weighted by molar-refractivity contribution is 0.171. The lowest BCUT2D eigenvalue weighted by Crippen LogP contribution is -2.16. The van der Waals surface area contributed by atoms with Gasteiger partial charge in [0, 0.05) is 11.7 Å². The predicted molar refractivity (Wildman–Crippen MR) is 82.6 cm³/mol. The number of aromatic hydroxyl groups is 1. The fourth-order valence-corrected chi connectivity index (χ4v) is 2.44. The van der Waals surface area contributed by atoms with Crippen molar-refractivity contribution in [1.29, 1.82) is 0 Å². The van der Waals surface area contributed by atoms with E-state index >= 15 is 0 Å². The van der Waals surface area contributed by atoms with Gasteiger partial charge in [0.1, 0.15) is 19.0 Å². The second-order valence-electron chi connectivity index (χ2n) is 4.94. The van der Waals surface area contributed by atoms with Gasteiger partial charge in [-0.2, -0.15) is 0 Å². The van der Waals surface area contributed by atoms with Crippen molar-refractivity contribution in [3.63, 3.8) is 0 Å². The van der Waals surface area contributed by atoms with Crippen molar-refractivity contribution in [2.24, 2.45) is 0 Å². The largest absolute Gasteiger partial charge is 0.506 e. The van der Waals surface area contributed by atoms with Crippen molar-refractivity contribution in [2.45, 2.75) is 13.0 Å². The van der Waals surface area contributed by atoms with E-state index in [-0.39, 0.29) is 11.8 Å². The van der Waals surface area contributed by atoms with E-state index in [1.807, 2.05) is 25.1 Å². The first-order chi connectivity index (χ1) is 10.1. The highest BCUT2D eigenvalue weighted by Gasteiger charge is 2.14. The molecule has 0 amide bonds. The third kappa shape index (κ3) is 3.00. The maximum absolute atomic E-state index is 9.44. The van der Waals surface area contributed by atoms with Crippen molar-refractivity contribution < 1.29 is 14.6 Å². The summed E-state index contributed by atoms with van der Waals surface area (Å²) in [6.45, 7) is 3.21. The minimum absolute atomic E-state index is 0.0708. The van der Waals surface area contributed by atoms with Gasteiger partial charge in [-0.3, -0.25) is 0 Å². The van der Waals surface area contributed by atoms with Gasteiger partial charge in [0.2, 0.25) is 0 Å². The molecule has 1 atom stereocenters. The van der Waals surface area contributed by atoms with Crippen LogP contribution in [0.3, 0.4) is 0 Å². The lowest BCUT2D eigenvalue weighted by Gasteiger charge is -2.21. The summed E-state index contributed by atoms with van der Waals surface area (Å²) in [7, 11) is 0. The number of nitrogens with one attached hydrogen (secondary N) is 1. The number of rotatable bonds is 3. The van der Waals surface area contributed by atoms with Gasteiger partial charge in [0.15, 0.2) is 11.5 Å². The molecule has 2 aromatic carbocycles. The molecule has 4 nitrogen and oxygen atoms in total. The summed E-state index contributed by atoms with van der Waals surface area (Å²) in [4.78, 5) is 0. The van der Waals surface area contributed by atoms with Crippen LogP contribution < -0.4 is 14.8 Å². The molecule has 0 aliphatic carbocycles. The third-order valence-electron chi connectivity index (χ3n) is 3.40. The Morgan fingerprint density at radius 2 is 1.86 bits per heavy atom. The molecular formula is C16H16ClNO3. The monoisotopic (exact) mass is 305 g/mol. The van der Waals surface area contributed by atoms with E-state index in [9.17, 15) is 5.11 Å². The van der Waals surface area contributed by atoms with Gasteiger partial charge in [-0.05, 0) is 42.8 Å². The number of benzene rings is 2. The molecule has 0 spiro atoms. The number of phenolic OH excluding ortho intramolecular Hbond substituents is 1. The van der Waals surface area contributed by atoms with Gasteiger partial charge in [-0.1, -0.05) is 17.7 Å². The number of anilines is 1. The van der Waals surface area contributed by atoms with Gasteiger partial charge in [0.25, 0.3) is 0 Å². The van der Waals surface area contributed by atoms with E-state index in [1.54, 1.807) is 18.2 Å². The third-order valence-corrected chi connectivity index (χ3v) is 3.70. The molecule has 21 heavy (non-hydrogen) atoms. The first-order valence-electron chi connectivity index (χ1n) is 6.78. The van der Waals surface area contributed by atoms with Gasteiger partial charge in [0.05, 0.1) is 5.02 Å². The Bertz CT molecular complexity index is 660. The fraction of sp³-hybridized carbons (Fsp3) is 0.250. The van der Waals surface area contributed by atoms with E-state index in [0.29, 0.717) is 18.2 Å². The van der Waals surface area contributed by atoms with Crippen LogP contribution in [0.2, 0.25) is 5.02 Å². The molecule has 0 saturated heterocycles. The number of fused-ring (bicyclic) bond motifs is 1. The zero-order valence-corrected chi connectivity index (χ0v) is 12.4. The van der Waals surface area contributed by atoms with E-state index < -0.39 is 0 Å². The van der Waals surface area contributed by atoms with E-state index in [1.165, 1.54) is 0 Å². The molecule has 0 fully saturated rings. The summed E-state index contributed by atoms with van der Waals surface area (Å²) < 4.78 is 11.1. The van der Waals surface area contributed by atoms with Crippen molar-refractivity contribution in [2.75, 3.05) is 18.5 Å². The molecule has 0 bridgehead atoms. The molecule has 110 valence electrons. The Labute approximate surface area is 128 Å². The standard InChI is InChI=1S/C16H16ClNO3/c1-10(18-12-3-4-14(19)13(17)9-12)11-2-5-15-16(8-11)21-7-6-20-15/h2-5,8-10,18-19H,6-7H2,1H3. The molecule has 3 rings (SSSR count).